The van der Waals surface area contributed by atoms with Crippen LogP contribution in [0.4, 0.5) is 0 Å². The van der Waals surface area contributed by atoms with E-state index < -0.39 is 17.7 Å². The van der Waals surface area contributed by atoms with Gasteiger partial charge in [-0.3, -0.25) is 14.6 Å². The highest BCUT2D eigenvalue weighted by atomic mass is 16.5. The van der Waals surface area contributed by atoms with Crippen molar-refractivity contribution in [2.24, 2.45) is 7.05 Å². The van der Waals surface area contributed by atoms with Gasteiger partial charge in [-0.05, 0) is 24.6 Å². The van der Waals surface area contributed by atoms with E-state index in [0.717, 1.165) is 16.5 Å². The molecule has 1 unspecified atom stereocenters. The van der Waals surface area contributed by atoms with E-state index in [1.807, 2.05) is 42.1 Å². The number of para-hydroxylation sites is 1. The van der Waals surface area contributed by atoms with Gasteiger partial charge in [-0.25, -0.2) is 0 Å². The number of methoxy groups -OCH3 is 1. The summed E-state index contributed by atoms with van der Waals surface area (Å²) >= 11 is 0. The fraction of sp³-hybridized carbons (Fsp3) is 0.261. The summed E-state index contributed by atoms with van der Waals surface area (Å²) in [6.07, 6.45) is 5.58. The first-order chi connectivity index (χ1) is 14.5. The van der Waals surface area contributed by atoms with Crippen molar-refractivity contribution >= 4 is 28.4 Å². The van der Waals surface area contributed by atoms with Crippen molar-refractivity contribution in [3.63, 3.8) is 0 Å². The van der Waals surface area contributed by atoms with E-state index in [0.29, 0.717) is 25.1 Å². The summed E-state index contributed by atoms with van der Waals surface area (Å²) in [5, 5.41) is 12.0. The third kappa shape index (κ3) is 3.27. The Bertz CT molecular complexity index is 1130. The van der Waals surface area contributed by atoms with Gasteiger partial charge < -0.3 is 19.3 Å². The number of Topliss-reactive ketones (excluding diaryl/α,β-unsaturated/α-hetero) is 1. The predicted molar refractivity (Wildman–Crippen MR) is 113 cm³/mol. The number of likely N-dealkylation sites (tertiary alicyclic amines) is 1. The summed E-state index contributed by atoms with van der Waals surface area (Å²) in [7, 11) is 3.52. The molecule has 154 valence electrons. The molecule has 30 heavy (non-hydrogen) atoms. The second-order valence-corrected chi connectivity index (χ2v) is 7.29. The van der Waals surface area contributed by atoms with Crippen molar-refractivity contribution in [1.29, 1.82) is 0 Å². The molecule has 4 rings (SSSR count). The van der Waals surface area contributed by atoms with E-state index in [1.165, 1.54) is 17.3 Å². The molecule has 2 aromatic heterocycles. The molecule has 1 atom stereocenters. The van der Waals surface area contributed by atoms with Crippen molar-refractivity contribution in [2.45, 2.75) is 12.5 Å². The van der Waals surface area contributed by atoms with Gasteiger partial charge in [-0.15, -0.1) is 0 Å². The van der Waals surface area contributed by atoms with Gasteiger partial charge in [-0.2, -0.15) is 0 Å². The van der Waals surface area contributed by atoms with E-state index in [1.54, 1.807) is 19.2 Å². The maximum Gasteiger partial charge on any atom is 0.295 e. The molecule has 1 saturated heterocycles. The lowest BCUT2D eigenvalue weighted by Gasteiger charge is -2.24. The summed E-state index contributed by atoms with van der Waals surface area (Å²) in [5.74, 6) is -1.48. The number of aliphatic hydroxyl groups excluding tert-OH is 1. The highest BCUT2D eigenvalue weighted by Crippen LogP contribution is 2.42. The fourth-order valence-corrected chi connectivity index (χ4v) is 4.07. The molecule has 7 heteroatoms. The van der Waals surface area contributed by atoms with Crippen LogP contribution in [0.25, 0.3) is 16.7 Å². The number of rotatable bonds is 6. The van der Waals surface area contributed by atoms with Gasteiger partial charge >= 0.3 is 0 Å². The summed E-state index contributed by atoms with van der Waals surface area (Å²) in [6.45, 7) is 0.815. The minimum Gasteiger partial charge on any atom is -0.507 e. The second kappa shape index (κ2) is 8.12. The molecular weight excluding hydrogens is 382 g/mol. The predicted octanol–water partition coefficient (Wildman–Crippen LogP) is 3.03. The summed E-state index contributed by atoms with van der Waals surface area (Å²) < 4.78 is 7.09. The van der Waals surface area contributed by atoms with Crippen LogP contribution in [0.2, 0.25) is 0 Å². The minimum atomic E-state index is -0.681. The highest BCUT2D eigenvalue weighted by molar-refractivity contribution is 6.46. The smallest absolute Gasteiger partial charge is 0.295 e. The van der Waals surface area contributed by atoms with Crippen LogP contribution in [-0.2, 0) is 21.4 Å². The van der Waals surface area contributed by atoms with Crippen molar-refractivity contribution in [3.05, 3.63) is 71.7 Å². The zero-order valence-electron chi connectivity index (χ0n) is 16.9. The van der Waals surface area contributed by atoms with Crippen LogP contribution < -0.4 is 0 Å². The Labute approximate surface area is 174 Å². The molecular formula is C23H23N3O4. The summed E-state index contributed by atoms with van der Waals surface area (Å²) in [6, 6.07) is 10.4. The number of aryl methyl sites for hydroxylation is 1. The zero-order chi connectivity index (χ0) is 21.3. The number of carbonyl (C=O) groups is 2. The Morgan fingerprint density at radius 3 is 2.63 bits per heavy atom. The molecule has 0 radical (unpaired) electrons. The SMILES string of the molecule is COCCCN1C(=O)C(=O)/C(=C(/O)c2ccncc2)C1c1cn(C)c2ccccc12. The van der Waals surface area contributed by atoms with Gasteiger partial charge in [-0.1, -0.05) is 18.2 Å². The van der Waals surface area contributed by atoms with Crippen molar-refractivity contribution in [1.82, 2.24) is 14.5 Å². The average Bonchev–Trinajstić information content (AvgIpc) is 3.23. The molecule has 1 N–H and O–H groups in total. The molecule has 0 bridgehead atoms. The first-order valence-corrected chi connectivity index (χ1v) is 9.76. The van der Waals surface area contributed by atoms with Crippen molar-refractivity contribution < 1.29 is 19.4 Å². The van der Waals surface area contributed by atoms with Crippen LogP contribution in [0, 0.1) is 0 Å². The zero-order valence-corrected chi connectivity index (χ0v) is 16.9. The van der Waals surface area contributed by atoms with Crippen molar-refractivity contribution in [2.75, 3.05) is 20.3 Å². The molecule has 1 aliphatic heterocycles. The van der Waals surface area contributed by atoms with E-state index in [9.17, 15) is 14.7 Å². The minimum absolute atomic E-state index is 0.0972. The number of benzene rings is 1. The molecule has 1 aliphatic rings. The lowest BCUT2D eigenvalue weighted by atomic mass is 9.95. The van der Waals surface area contributed by atoms with Crippen LogP contribution in [0.1, 0.15) is 23.6 Å². The largest absolute Gasteiger partial charge is 0.507 e. The normalized spacial score (nSPS) is 18.5. The van der Waals surface area contributed by atoms with Crippen molar-refractivity contribution in [3.8, 4) is 0 Å². The van der Waals surface area contributed by atoms with Gasteiger partial charge in [0.25, 0.3) is 11.7 Å². The van der Waals surface area contributed by atoms with Gasteiger partial charge in [0, 0.05) is 67.9 Å². The molecule has 0 spiro atoms. The lowest BCUT2D eigenvalue weighted by Crippen LogP contribution is -2.31. The fourth-order valence-electron chi connectivity index (χ4n) is 4.07. The van der Waals surface area contributed by atoms with E-state index in [4.69, 9.17) is 4.74 Å². The number of carbonyl (C=O) groups excluding carboxylic acids is 2. The molecule has 3 aromatic rings. The summed E-state index contributed by atoms with van der Waals surface area (Å²) in [5.41, 5.74) is 2.34. The van der Waals surface area contributed by atoms with Gasteiger partial charge in [0.15, 0.2) is 0 Å². The Balaban J connectivity index is 1.92. The monoisotopic (exact) mass is 405 g/mol. The van der Waals surface area contributed by atoms with Crippen LogP contribution >= 0.6 is 0 Å². The number of ether oxygens (including phenoxy) is 1. The number of aliphatic hydroxyl groups is 1. The van der Waals surface area contributed by atoms with E-state index >= 15 is 0 Å². The molecule has 1 amide bonds. The molecule has 0 aliphatic carbocycles. The standard InChI is InChI=1S/C23H23N3O4/c1-25-14-17(16-6-3-4-7-18(16)25)20-19(21(27)15-8-10-24-11-9-15)22(28)23(29)26(20)12-5-13-30-2/h3-4,6-11,14,20,27H,5,12-13H2,1-2H3/b21-19+. The van der Waals surface area contributed by atoms with Crippen LogP contribution in [0.5, 0.6) is 0 Å². The van der Waals surface area contributed by atoms with Gasteiger partial charge in [0.2, 0.25) is 0 Å². The van der Waals surface area contributed by atoms with Gasteiger partial charge in [0.05, 0.1) is 11.6 Å². The maximum absolute atomic E-state index is 13.0. The molecule has 1 fully saturated rings. The Morgan fingerprint density at radius 2 is 1.90 bits per heavy atom. The second-order valence-electron chi connectivity index (χ2n) is 7.29. The molecule has 0 saturated carbocycles. The number of pyridine rings is 1. The Hall–Kier alpha value is -3.45. The lowest BCUT2D eigenvalue weighted by molar-refractivity contribution is -0.140. The maximum atomic E-state index is 13.0. The number of aromatic nitrogens is 2. The topological polar surface area (TPSA) is 84.7 Å². The van der Waals surface area contributed by atoms with E-state index in [2.05, 4.69) is 4.98 Å². The number of nitrogens with zero attached hydrogens (tertiary/aromatic N) is 3. The van der Waals surface area contributed by atoms with Crippen LogP contribution in [-0.4, -0.2) is 51.5 Å². The van der Waals surface area contributed by atoms with Crippen LogP contribution in [0.3, 0.4) is 0 Å². The third-order valence-corrected chi connectivity index (χ3v) is 5.46. The number of hydrogen-bond donors (Lipinski definition) is 1. The average molecular weight is 405 g/mol. The Morgan fingerprint density at radius 1 is 1.17 bits per heavy atom. The van der Waals surface area contributed by atoms with E-state index in [-0.39, 0.29) is 11.3 Å². The molecule has 3 heterocycles. The molecule has 7 nitrogen and oxygen atoms in total. The number of fused-ring (bicyclic) bond motifs is 1. The third-order valence-electron chi connectivity index (χ3n) is 5.46. The summed E-state index contributed by atoms with van der Waals surface area (Å²) in [4.78, 5) is 31.5. The Kier molecular flexibility index (Phi) is 5.37. The molecule has 1 aromatic carbocycles. The number of amides is 1. The quantitative estimate of drug-likeness (QED) is 0.295. The number of ketones is 1. The van der Waals surface area contributed by atoms with Gasteiger partial charge in [0.1, 0.15) is 5.76 Å². The first-order valence-electron chi connectivity index (χ1n) is 9.76. The first kappa shape index (κ1) is 19.8. The number of hydrogen-bond acceptors (Lipinski definition) is 5. The van der Waals surface area contributed by atoms with Crippen LogP contribution in [0.15, 0.2) is 60.6 Å². The highest BCUT2D eigenvalue weighted by Gasteiger charge is 2.46.